The quantitative estimate of drug-likeness (QED) is 0.905. The Balaban J connectivity index is 1.82. The van der Waals surface area contributed by atoms with Crippen LogP contribution < -0.4 is 11.1 Å². The Morgan fingerprint density at radius 1 is 1.55 bits per heavy atom. The van der Waals surface area contributed by atoms with Crippen LogP contribution in [0.25, 0.3) is 10.1 Å². The van der Waals surface area contributed by atoms with E-state index in [1.807, 2.05) is 0 Å². The van der Waals surface area contributed by atoms with E-state index in [4.69, 9.17) is 5.73 Å². The van der Waals surface area contributed by atoms with Crippen LogP contribution in [0.5, 0.6) is 0 Å². The van der Waals surface area contributed by atoms with E-state index < -0.39 is 0 Å². The summed E-state index contributed by atoms with van der Waals surface area (Å²) in [6.07, 6.45) is 3.31. The lowest BCUT2D eigenvalue weighted by molar-refractivity contribution is 0.0954. The molecular formula is C15H17FN2OS. The van der Waals surface area contributed by atoms with Gasteiger partial charge in [-0.25, -0.2) is 4.39 Å². The highest BCUT2D eigenvalue weighted by Crippen LogP contribution is 2.38. The third kappa shape index (κ3) is 2.26. The van der Waals surface area contributed by atoms with Crippen molar-refractivity contribution in [3.63, 3.8) is 0 Å². The van der Waals surface area contributed by atoms with Crippen molar-refractivity contribution >= 4 is 33.0 Å². The van der Waals surface area contributed by atoms with Gasteiger partial charge in [-0.1, -0.05) is 19.4 Å². The molecule has 3 rings (SSSR count). The molecule has 1 aromatic carbocycles. The third-order valence-electron chi connectivity index (χ3n) is 3.81. The summed E-state index contributed by atoms with van der Waals surface area (Å²) < 4.78 is 14.5. The molecule has 0 bridgehead atoms. The standard InChI is InChI=1S/C15H17FN2OS/c1-2-4-8-7-10(8)18-15(19)14-13(17)12-9(16)5-3-6-11(12)20-14/h3,5-6,8,10H,2,4,7,17H2,1H3,(H,18,19). The van der Waals surface area contributed by atoms with Gasteiger partial charge in [-0.15, -0.1) is 11.3 Å². The van der Waals surface area contributed by atoms with Crippen molar-refractivity contribution in [2.45, 2.75) is 32.2 Å². The lowest BCUT2D eigenvalue weighted by Crippen LogP contribution is -2.26. The lowest BCUT2D eigenvalue weighted by atomic mass is 10.2. The van der Waals surface area contributed by atoms with Crippen LogP contribution in [-0.4, -0.2) is 11.9 Å². The van der Waals surface area contributed by atoms with Crippen molar-refractivity contribution in [1.29, 1.82) is 0 Å². The van der Waals surface area contributed by atoms with E-state index in [2.05, 4.69) is 12.2 Å². The molecule has 1 saturated carbocycles. The molecule has 3 N–H and O–H groups in total. The molecular weight excluding hydrogens is 275 g/mol. The summed E-state index contributed by atoms with van der Waals surface area (Å²) >= 11 is 1.25. The summed E-state index contributed by atoms with van der Waals surface area (Å²) in [5.74, 6) is 0.0496. The summed E-state index contributed by atoms with van der Waals surface area (Å²) in [5, 5.41) is 3.36. The highest BCUT2D eigenvalue weighted by atomic mass is 32.1. The fraction of sp³-hybridized carbons (Fsp3) is 0.400. The first-order valence-electron chi connectivity index (χ1n) is 6.89. The second-order valence-electron chi connectivity index (χ2n) is 5.32. The SMILES string of the molecule is CCCC1CC1NC(=O)c1sc2cccc(F)c2c1N. The molecule has 0 spiro atoms. The molecule has 5 heteroatoms. The van der Waals surface area contributed by atoms with E-state index >= 15 is 0 Å². The van der Waals surface area contributed by atoms with Crippen LogP contribution in [0.4, 0.5) is 10.1 Å². The normalized spacial score (nSPS) is 21.1. The number of anilines is 1. The first kappa shape index (κ1) is 13.4. The number of hydrogen-bond donors (Lipinski definition) is 2. The molecule has 0 aliphatic heterocycles. The van der Waals surface area contributed by atoms with Gasteiger partial charge in [0, 0.05) is 10.7 Å². The van der Waals surface area contributed by atoms with E-state index in [0.29, 0.717) is 20.9 Å². The minimum absolute atomic E-state index is 0.174. The maximum Gasteiger partial charge on any atom is 0.263 e. The number of amides is 1. The van der Waals surface area contributed by atoms with Gasteiger partial charge in [0.15, 0.2) is 0 Å². The number of fused-ring (bicyclic) bond motifs is 1. The third-order valence-corrected chi connectivity index (χ3v) is 4.98. The smallest absolute Gasteiger partial charge is 0.263 e. The Labute approximate surface area is 121 Å². The number of halogens is 1. The van der Waals surface area contributed by atoms with Crippen LogP contribution in [0, 0.1) is 11.7 Å². The number of nitrogens with one attached hydrogen (secondary N) is 1. The zero-order valence-electron chi connectivity index (χ0n) is 11.3. The first-order chi connectivity index (χ1) is 9.61. The molecule has 1 aliphatic carbocycles. The molecule has 1 fully saturated rings. The van der Waals surface area contributed by atoms with E-state index in [-0.39, 0.29) is 23.5 Å². The molecule has 0 radical (unpaired) electrons. The van der Waals surface area contributed by atoms with Crippen LogP contribution in [-0.2, 0) is 0 Å². The molecule has 0 saturated heterocycles. The van der Waals surface area contributed by atoms with Gasteiger partial charge in [0.25, 0.3) is 5.91 Å². The van der Waals surface area contributed by atoms with Crippen LogP contribution in [0.15, 0.2) is 18.2 Å². The summed E-state index contributed by atoms with van der Waals surface area (Å²) in [6.45, 7) is 2.14. The van der Waals surface area contributed by atoms with Crippen molar-refractivity contribution in [1.82, 2.24) is 5.32 Å². The molecule has 1 aromatic heterocycles. The second kappa shape index (κ2) is 5.05. The Morgan fingerprint density at radius 3 is 3.05 bits per heavy atom. The highest BCUT2D eigenvalue weighted by Gasteiger charge is 2.37. The number of carbonyl (C=O) groups is 1. The fourth-order valence-electron chi connectivity index (χ4n) is 2.65. The maximum atomic E-state index is 13.8. The average molecular weight is 292 g/mol. The minimum atomic E-state index is -0.370. The fourth-order valence-corrected chi connectivity index (χ4v) is 3.69. The van der Waals surface area contributed by atoms with Crippen LogP contribution >= 0.6 is 11.3 Å². The molecule has 1 aliphatic rings. The number of nitrogen functional groups attached to an aromatic ring is 1. The largest absolute Gasteiger partial charge is 0.397 e. The van der Waals surface area contributed by atoms with Crippen LogP contribution in [0.2, 0.25) is 0 Å². The van der Waals surface area contributed by atoms with Gasteiger partial charge in [0.2, 0.25) is 0 Å². The number of carbonyl (C=O) groups excluding carboxylic acids is 1. The van der Waals surface area contributed by atoms with Gasteiger partial charge >= 0.3 is 0 Å². The Kier molecular flexibility index (Phi) is 3.38. The number of nitrogens with two attached hydrogens (primary N) is 1. The van der Waals surface area contributed by atoms with E-state index in [1.54, 1.807) is 12.1 Å². The van der Waals surface area contributed by atoms with E-state index in [0.717, 1.165) is 19.3 Å². The van der Waals surface area contributed by atoms with Gasteiger partial charge in [0.1, 0.15) is 10.7 Å². The van der Waals surface area contributed by atoms with Gasteiger partial charge in [-0.3, -0.25) is 4.79 Å². The van der Waals surface area contributed by atoms with Crippen molar-refractivity contribution in [3.8, 4) is 0 Å². The predicted octanol–water partition coefficient (Wildman–Crippen LogP) is 3.54. The molecule has 106 valence electrons. The number of benzene rings is 1. The summed E-state index contributed by atoms with van der Waals surface area (Å²) in [7, 11) is 0. The Bertz CT molecular complexity index is 667. The average Bonchev–Trinajstić information content (AvgIpc) is 3.03. The molecule has 3 nitrogen and oxygen atoms in total. The molecule has 2 aromatic rings. The topological polar surface area (TPSA) is 55.1 Å². The predicted molar refractivity (Wildman–Crippen MR) is 80.5 cm³/mol. The number of thiophene rings is 1. The monoisotopic (exact) mass is 292 g/mol. The van der Waals surface area contributed by atoms with Gasteiger partial charge in [-0.05, 0) is 30.9 Å². The van der Waals surface area contributed by atoms with Crippen molar-refractivity contribution < 1.29 is 9.18 Å². The molecule has 20 heavy (non-hydrogen) atoms. The molecule has 2 atom stereocenters. The minimum Gasteiger partial charge on any atom is -0.397 e. The summed E-state index contributed by atoms with van der Waals surface area (Å²) in [6, 6.07) is 5.04. The number of rotatable bonds is 4. The van der Waals surface area contributed by atoms with Crippen molar-refractivity contribution in [2.24, 2.45) is 5.92 Å². The van der Waals surface area contributed by atoms with Gasteiger partial charge in [-0.2, -0.15) is 0 Å². The van der Waals surface area contributed by atoms with Gasteiger partial charge < -0.3 is 11.1 Å². The summed E-state index contributed by atoms with van der Waals surface area (Å²) in [4.78, 5) is 12.7. The zero-order chi connectivity index (χ0) is 14.3. The Morgan fingerprint density at radius 2 is 2.35 bits per heavy atom. The lowest BCUT2D eigenvalue weighted by Gasteiger charge is -2.03. The summed E-state index contributed by atoms with van der Waals surface area (Å²) in [5.41, 5.74) is 6.20. The van der Waals surface area contributed by atoms with Crippen molar-refractivity contribution in [2.75, 3.05) is 5.73 Å². The molecule has 1 heterocycles. The molecule has 2 unspecified atom stereocenters. The first-order valence-corrected chi connectivity index (χ1v) is 7.70. The van der Waals surface area contributed by atoms with Crippen LogP contribution in [0.1, 0.15) is 35.9 Å². The number of hydrogen-bond acceptors (Lipinski definition) is 3. The maximum absolute atomic E-state index is 13.8. The van der Waals surface area contributed by atoms with E-state index in [9.17, 15) is 9.18 Å². The molecule has 1 amide bonds. The van der Waals surface area contributed by atoms with E-state index in [1.165, 1.54) is 17.4 Å². The van der Waals surface area contributed by atoms with Gasteiger partial charge in [0.05, 0.1) is 11.1 Å². The highest BCUT2D eigenvalue weighted by molar-refractivity contribution is 7.21. The second-order valence-corrected chi connectivity index (χ2v) is 6.37. The van der Waals surface area contributed by atoms with Crippen molar-refractivity contribution in [3.05, 3.63) is 28.9 Å². The zero-order valence-corrected chi connectivity index (χ0v) is 12.1. The van der Waals surface area contributed by atoms with Crippen LogP contribution in [0.3, 0.4) is 0 Å². The Hall–Kier alpha value is -1.62.